The molecule has 0 saturated carbocycles. The van der Waals surface area contributed by atoms with Gasteiger partial charge in [-0.2, -0.15) is 0 Å². The number of hydrogen-bond acceptors (Lipinski definition) is 2. The molecular weight excluding hydrogens is 308 g/mol. The van der Waals surface area contributed by atoms with Gasteiger partial charge in [0, 0.05) is 11.9 Å². The van der Waals surface area contributed by atoms with Gasteiger partial charge in [-0.3, -0.25) is 0 Å². The van der Waals surface area contributed by atoms with Crippen molar-refractivity contribution in [3.8, 4) is 0 Å². The van der Waals surface area contributed by atoms with E-state index in [1.54, 1.807) is 0 Å². The van der Waals surface area contributed by atoms with Crippen molar-refractivity contribution < 1.29 is 9.16 Å². The summed E-state index contributed by atoms with van der Waals surface area (Å²) in [6.45, 7) is 14.1. The first-order valence-electron chi connectivity index (χ1n) is 7.06. The number of ether oxygens (including phenoxy) is 1. The van der Waals surface area contributed by atoms with E-state index in [0.717, 1.165) is 18.4 Å². The van der Waals surface area contributed by atoms with Gasteiger partial charge in [0.2, 0.25) is 0 Å². The van der Waals surface area contributed by atoms with Crippen LogP contribution in [0.1, 0.15) is 53.4 Å². The molecule has 0 heterocycles. The third kappa shape index (κ3) is 7.92. The van der Waals surface area contributed by atoms with Crippen LogP contribution < -0.4 is 0 Å². The minimum absolute atomic E-state index is 0.0675. The fraction of sp³-hybridized carbons (Fsp3) is 1.00. The summed E-state index contributed by atoms with van der Waals surface area (Å²) in [4.78, 5) is 0. The average molecular weight is 339 g/mol. The van der Waals surface area contributed by atoms with Crippen LogP contribution in [0, 0.1) is 0 Å². The summed E-state index contributed by atoms with van der Waals surface area (Å²) in [5.74, 6) is 0. The molecule has 0 aromatic carbocycles. The van der Waals surface area contributed by atoms with Crippen LogP contribution in [-0.2, 0) is 9.16 Å². The maximum atomic E-state index is 6.14. The predicted octanol–water partition coefficient (Wildman–Crippen LogP) is 5.33. The SMILES string of the molecule is CC(OCCCCCCBr)O[Si](C)(C)C(C)(C)C. The van der Waals surface area contributed by atoms with E-state index in [1.165, 1.54) is 19.3 Å². The summed E-state index contributed by atoms with van der Waals surface area (Å²) in [6, 6.07) is 0. The molecule has 0 aliphatic carbocycles. The van der Waals surface area contributed by atoms with E-state index >= 15 is 0 Å². The Morgan fingerprint density at radius 1 is 1.06 bits per heavy atom. The maximum absolute atomic E-state index is 6.14. The summed E-state index contributed by atoms with van der Waals surface area (Å²) >= 11 is 3.45. The molecule has 0 aromatic rings. The zero-order valence-electron chi connectivity index (χ0n) is 13.0. The molecular formula is C14H31BrO2Si. The Kier molecular flexibility index (Phi) is 9.02. The fourth-order valence-electron chi connectivity index (χ4n) is 1.43. The van der Waals surface area contributed by atoms with Crippen molar-refractivity contribution in [2.45, 2.75) is 77.8 Å². The van der Waals surface area contributed by atoms with Crippen molar-refractivity contribution in [3.63, 3.8) is 0 Å². The number of hydrogen-bond donors (Lipinski definition) is 0. The summed E-state index contributed by atoms with van der Waals surface area (Å²) in [5.41, 5.74) is 0. The highest BCUT2D eigenvalue weighted by Gasteiger charge is 2.38. The Labute approximate surface area is 123 Å². The molecule has 4 heteroatoms. The Bertz CT molecular complexity index is 214. The van der Waals surface area contributed by atoms with E-state index in [2.05, 4.69) is 49.8 Å². The highest BCUT2D eigenvalue weighted by Crippen LogP contribution is 2.37. The maximum Gasteiger partial charge on any atom is 0.195 e. The highest BCUT2D eigenvalue weighted by atomic mass is 79.9. The lowest BCUT2D eigenvalue weighted by molar-refractivity contribution is -0.0760. The molecule has 0 fully saturated rings. The van der Waals surface area contributed by atoms with Gasteiger partial charge < -0.3 is 9.16 Å². The second-order valence-electron chi connectivity index (χ2n) is 6.42. The molecule has 0 radical (unpaired) electrons. The largest absolute Gasteiger partial charge is 0.392 e. The number of alkyl halides is 1. The smallest absolute Gasteiger partial charge is 0.195 e. The summed E-state index contributed by atoms with van der Waals surface area (Å²) in [7, 11) is -1.68. The second kappa shape index (κ2) is 8.72. The Hall–Kier alpha value is 0.617. The van der Waals surface area contributed by atoms with Crippen molar-refractivity contribution in [1.29, 1.82) is 0 Å². The van der Waals surface area contributed by atoms with Crippen LogP contribution in [-0.4, -0.2) is 26.5 Å². The van der Waals surface area contributed by atoms with Gasteiger partial charge in [0.05, 0.1) is 0 Å². The van der Waals surface area contributed by atoms with Crippen LogP contribution in [0.25, 0.3) is 0 Å². The van der Waals surface area contributed by atoms with E-state index in [-0.39, 0.29) is 11.3 Å². The van der Waals surface area contributed by atoms with E-state index < -0.39 is 8.32 Å². The van der Waals surface area contributed by atoms with Crippen LogP contribution in [0.5, 0.6) is 0 Å². The van der Waals surface area contributed by atoms with Crippen LogP contribution in [0.15, 0.2) is 0 Å². The van der Waals surface area contributed by atoms with Gasteiger partial charge in [0.1, 0.15) is 6.29 Å². The van der Waals surface area contributed by atoms with Crippen LogP contribution in [0.4, 0.5) is 0 Å². The van der Waals surface area contributed by atoms with Crippen LogP contribution in [0.2, 0.25) is 18.1 Å². The molecule has 1 unspecified atom stereocenters. The van der Waals surface area contributed by atoms with Crippen molar-refractivity contribution in [3.05, 3.63) is 0 Å². The second-order valence-corrected chi connectivity index (χ2v) is 12.0. The normalized spacial score (nSPS) is 14.8. The third-order valence-electron chi connectivity index (χ3n) is 3.65. The van der Waals surface area contributed by atoms with Gasteiger partial charge in [-0.05, 0) is 37.9 Å². The minimum Gasteiger partial charge on any atom is -0.392 e. The Morgan fingerprint density at radius 3 is 2.11 bits per heavy atom. The highest BCUT2D eigenvalue weighted by molar-refractivity contribution is 9.09. The van der Waals surface area contributed by atoms with Crippen molar-refractivity contribution >= 4 is 24.2 Å². The Morgan fingerprint density at radius 2 is 1.61 bits per heavy atom. The molecule has 2 nitrogen and oxygen atoms in total. The zero-order valence-corrected chi connectivity index (χ0v) is 15.6. The fourth-order valence-corrected chi connectivity index (χ4v) is 3.07. The number of unbranched alkanes of at least 4 members (excludes halogenated alkanes) is 3. The lowest BCUT2D eigenvalue weighted by atomic mass is 10.2. The summed E-state index contributed by atoms with van der Waals surface area (Å²) in [5, 5.41) is 1.36. The van der Waals surface area contributed by atoms with E-state index in [9.17, 15) is 0 Å². The molecule has 0 N–H and O–H groups in total. The van der Waals surface area contributed by atoms with Crippen LogP contribution >= 0.6 is 15.9 Å². The quantitative estimate of drug-likeness (QED) is 0.245. The van der Waals surface area contributed by atoms with Gasteiger partial charge in [0.15, 0.2) is 8.32 Å². The topological polar surface area (TPSA) is 18.5 Å². The predicted molar refractivity (Wildman–Crippen MR) is 86.0 cm³/mol. The molecule has 18 heavy (non-hydrogen) atoms. The van der Waals surface area contributed by atoms with Gasteiger partial charge in [-0.25, -0.2) is 0 Å². The standard InChI is InChI=1S/C14H31BrO2Si/c1-13(16-12-10-8-7-9-11-15)17-18(5,6)14(2,3)4/h13H,7-12H2,1-6H3. The van der Waals surface area contributed by atoms with Gasteiger partial charge in [-0.15, -0.1) is 0 Å². The lowest BCUT2D eigenvalue weighted by Crippen LogP contribution is -2.43. The van der Waals surface area contributed by atoms with Gasteiger partial charge in [-0.1, -0.05) is 49.5 Å². The molecule has 0 aliphatic heterocycles. The van der Waals surface area contributed by atoms with Crippen molar-refractivity contribution in [1.82, 2.24) is 0 Å². The molecule has 0 aromatic heterocycles. The van der Waals surface area contributed by atoms with Gasteiger partial charge in [0.25, 0.3) is 0 Å². The molecule has 0 amide bonds. The monoisotopic (exact) mass is 338 g/mol. The number of rotatable bonds is 9. The molecule has 0 bridgehead atoms. The molecule has 0 spiro atoms. The first-order chi connectivity index (χ1) is 8.20. The average Bonchev–Trinajstić information content (AvgIpc) is 2.20. The number of halogens is 1. The van der Waals surface area contributed by atoms with Crippen LogP contribution in [0.3, 0.4) is 0 Å². The van der Waals surface area contributed by atoms with Crippen molar-refractivity contribution in [2.24, 2.45) is 0 Å². The van der Waals surface area contributed by atoms with Crippen molar-refractivity contribution in [2.75, 3.05) is 11.9 Å². The lowest BCUT2D eigenvalue weighted by Gasteiger charge is -2.38. The molecule has 0 rings (SSSR count). The Balaban J connectivity index is 3.74. The summed E-state index contributed by atoms with van der Waals surface area (Å²) < 4.78 is 11.9. The third-order valence-corrected chi connectivity index (χ3v) is 8.74. The van der Waals surface area contributed by atoms with E-state index in [1.807, 2.05) is 6.92 Å². The molecule has 0 saturated heterocycles. The molecule has 0 aliphatic rings. The van der Waals surface area contributed by atoms with E-state index in [0.29, 0.717) is 0 Å². The van der Waals surface area contributed by atoms with E-state index in [4.69, 9.17) is 9.16 Å². The zero-order chi connectivity index (χ0) is 14.2. The first kappa shape index (κ1) is 18.6. The molecule has 110 valence electrons. The summed E-state index contributed by atoms with van der Waals surface area (Å²) in [6.07, 6.45) is 4.86. The molecule has 1 atom stereocenters. The minimum atomic E-state index is -1.68. The first-order valence-corrected chi connectivity index (χ1v) is 11.1. The van der Waals surface area contributed by atoms with Gasteiger partial charge >= 0.3 is 0 Å².